The summed E-state index contributed by atoms with van der Waals surface area (Å²) >= 11 is 0. The van der Waals surface area contributed by atoms with Gasteiger partial charge in [0.15, 0.2) is 5.75 Å². The highest BCUT2D eigenvalue weighted by Crippen LogP contribution is 2.36. The molecule has 0 aromatic heterocycles. The number of likely N-dealkylation sites (N-methyl/N-ethyl adjacent to an activating group) is 1. The highest BCUT2D eigenvalue weighted by molar-refractivity contribution is 6.06. The molecule has 2 amide bonds. The van der Waals surface area contributed by atoms with Crippen LogP contribution in [0.4, 0.5) is 11.4 Å². The molecule has 7 nitrogen and oxygen atoms in total. The highest BCUT2D eigenvalue weighted by atomic mass is 16.5. The number of methoxy groups -OCH3 is 1. The Hall–Kier alpha value is -3.84. The molecule has 2 fully saturated rings. The molecule has 2 heterocycles. The van der Waals surface area contributed by atoms with Gasteiger partial charge in [0.2, 0.25) is 0 Å². The Morgan fingerprint density at radius 2 is 1.57 bits per heavy atom. The van der Waals surface area contributed by atoms with Crippen molar-refractivity contribution in [3.8, 4) is 16.9 Å². The van der Waals surface area contributed by atoms with E-state index in [0.29, 0.717) is 17.0 Å². The number of hydrogen-bond donors (Lipinski definition) is 1. The molecule has 0 radical (unpaired) electrons. The van der Waals surface area contributed by atoms with E-state index in [4.69, 9.17) is 4.74 Å². The van der Waals surface area contributed by atoms with Crippen LogP contribution in [0.3, 0.4) is 0 Å². The van der Waals surface area contributed by atoms with Gasteiger partial charge in [0.25, 0.3) is 11.8 Å². The molecule has 7 heteroatoms. The SMILES string of the molecule is COc1c(NC(=O)c2ccc(-c3ccc(C(=O)N4CCC4)cc3C)cc2)cccc1N1CCN(C)CC1. The molecule has 37 heavy (non-hydrogen) atoms. The smallest absolute Gasteiger partial charge is 0.255 e. The molecule has 2 aliphatic heterocycles. The van der Waals surface area contributed by atoms with Gasteiger partial charge in [0.1, 0.15) is 0 Å². The van der Waals surface area contributed by atoms with Gasteiger partial charge in [-0.1, -0.05) is 24.3 Å². The van der Waals surface area contributed by atoms with Gasteiger partial charge < -0.3 is 24.8 Å². The number of anilines is 2. The predicted octanol–water partition coefficient (Wildman–Crippen LogP) is 4.52. The Morgan fingerprint density at radius 3 is 2.19 bits per heavy atom. The Morgan fingerprint density at radius 1 is 0.865 bits per heavy atom. The van der Waals surface area contributed by atoms with Gasteiger partial charge in [-0.15, -0.1) is 0 Å². The van der Waals surface area contributed by atoms with E-state index in [0.717, 1.165) is 73.6 Å². The van der Waals surface area contributed by atoms with Crippen LogP contribution >= 0.6 is 0 Å². The number of para-hydroxylation sites is 1. The molecule has 0 unspecified atom stereocenters. The fourth-order valence-electron chi connectivity index (χ4n) is 4.95. The van der Waals surface area contributed by atoms with Crippen molar-refractivity contribution in [1.82, 2.24) is 9.80 Å². The maximum Gasteiger partial charge on any atom is 0.255 e. The average Bonchev–Trinajstić information content (AvgIpc) is 2.88. The Kier molecular flexibility index (Phi) is 7.15. The lowest BCUT2D eigenvalue weighted by Gasteiger charge is -2.35. The number of benzene rings is 3. The van der Waals surface area contributed by atoms with E-state index in [1.165, 1.54) is 0 Å². The van der Waals surface area contributed by atoms with Crippen LogP contribution in [-0.2, 0) is 0 Å². The number of carbonyl (C=O) groups excluding carboxylic acids is 2. The minimum atomic E-state index is -0.187. The summed E-state index contributed by atoms with van der Waals surface area (Å²) in [4.78, 5) is 32.1. The molecule has 0 bridgehead atoms. The molecule has 0 atom stereocenters. The lowest BCUT2D eigenvalue weighted by Crippen LogP contribution is -2.44. The minimum Gasteiger partial charge on any atom is -0.492 e. The first kappa shape index (κ1) is 24.8. The zero-order valence-corrected chi connectivity index (χ0v) is 21.8. The quantitative estimate of drug-likeness (QED) is 0.541. The second kappa shape index (κ2) is 10.6. The predicted molar refractivity (Wildman–Crippen MR) is 148 cm³/mol. The van der Waals surface area contributed by atoms with Crippen molar-refractivity contribution in [2.75, 3.05) is 63.6 Å². The summed E-state index contributed by atoms with van der Waals surface area (Å²) in [6, 6.07) is 19.3. The first-order valence-corrected chi connectivity index (χ1v) is 12.9. The molecular formula is C30H34N4O3. The van der Waals surface area contributed by atoms with Crippen LogP contribution in [0.1, 0.15) is 32.7 Å². The number of nitrogens with one attached hydrogen (secondary N) is 1. The Bertz CT molecular complexity index is 1290. The molecular weight excluding hydrogens is 464 g/mol. The van der Waals surface area contributed by atoms with E-state index in [1.54, 1.807) is 7.11 Å². The lowest BCUT2D eigenvalue weighted by atomic mass is 9.97. The maximum absolute atomic E-state index is 13.1. The third-order valence-electron chi connectivity index (χ3n) is 7.37. The summed E-state index contributed by atoms with van der Waals surface area (Å²) in [7, 11) is 3.77. The number of aryl methyl sites for hydroxylation is 1. The van der Waals surface area contributed by atoms with Crippen LogP contribution in [0.5, 0.6) is 5.75 Å². The van der Waals surface area contributed by atoms with E-state index in [1.807, 2.05) is 72.5 Å². The van der Waals surface area contributed by atoms with E-state index < -0.39 is 0 Å². The van der Waals surface area contributed by atoms with Crippen molar-refractivity contribution < 1.29 is 14.3 Å². The van der Waals surface area contributed by atoms with E-state index in [2.05, 4.69) is 22.2 Å². The molecule has 192 valence electrons. The fourth-order valence-corrected chi connectivity index (χ4v) is 4.95. The van der Waals surface area contributed by atoms with Gasteiger partial charge in [0, 0.05) is 50.4 Å². The number of rotatable bonds is 6. The summed E-state index contributed by atoms with van der Waals surface area (Å²) in [5, 5.41) is 3.03. The van der Waals surface area contributed by atoms with Crippen LogP contribution in [0.15, 0.2) is 60.7 Å². The molecule has 0 spiro atoms. The van der Waals surface area contributed by atoms with Crippen LogP contribution < -0.4 is 15.0 Å². The largest absolute Gasteiger partial charge is 0.492 e. The number of piperazine rings is 1. The van der Waals surface area contributed by atoms with Crippen molar-refractivity contribution in [1.29, 1.82) is 0 Å². The summed E-state index contributed by atoms with van der Waals surface area (Å²) < 4.78 is 5.74. The summed E-state index contributed by atoms with van der Waals surface area (Å²) in [6.07, 6.45) is 1.08. The van der Waals surface area contributed by atoms with Crippen LogP contribution in [0, 0.1) is 6.92 Å². The first-order valence-electron chi connectivity index (χ1n) is 12.9. The lowest BCUT2D eigenvalue weighted by molar-refractivity contribution is 0.0651. The number of hydrogen-bond acceptors (Lipinski definition) is 5. The second-order valence-electron chi connectivity index (χ2n) is 9.86. The van der Waals surface area contributed by atoms with E-state index in [9.17, 15) is 9.59 Å². The number of ether oxygens (including phenoxy) is 1. The second-order valence-corrected chi connectivity index (χ2v) is 9.86. The standard InChI is InChI=1S/C30H34N4O3/c1-21-20-24(30(36)34-14-5-15-34)12-13-25(21)22-8-10-23(11-9-22)29(35)31-26-6-4-7-27(28(26)37-3)33-18-16-32(2)17-19-33/h4,6-13,20H,5,14-19H2,1-3H3,(H,31,35). The number of nitrogens with zero attached hydrogens (tertiary/aromatic N) is 3. The van der Waals surface area contributed by atoms with Crippen molar-refractivity contribution in [2.45, 2.75) is 13.3 Å². The van der Waals surface area contributed by atoms with Gasteiger partial charge in [-0.3, -0.25) is 9.59 Å². The normalized spacial score (nSPS) is 15.8. The summed E-state index contributed by atoms with van der Waals surface area (Å²) in [6.45, 7) is 7.51. The van der Waals surface area contributed by atoms with Crippen molar-refractivity contribution in [3.63, 3.8) is 0 Å². The van der Waals surface area contributed by atoms with Crippen LogP contribution in [-0.4, -0.2) is 75.0 Å². The Balaban J connectivity index is 1.30. The third kappa shape index (κ3) is 5.18. The third-order valence-corrected chi connectivity index (χ3v) is 7.37. The van der Waals surface area contributed by atoms with Crippen LogP contribution in [0.2, 0.25) is 0 Å². The number of carbonyl (C=O) groups is 2. The van der Waals surface area contributed by atoms with Gasteiger partial charge >= 0.3 is 0 Å². The molecule has 1 N–H and O–H groups in total. The molecule has 3 aromatic carbocycles. The monoisotopic (exact) mass is 498 g/mol. The van der Waals surface area contributed by atoms with Gasteiger partial charge in [-0.25, -0.2) is 0 Å². The van der Waals surface area contributed by atoms with E-state index in [-0.39, 0.29) is 11.8 Å². The zero-order chi connectivity index (χ0) is 25.9. The molecule has 0 aliphatic carbocycles. The van der Waals surface area contributed by atoms with Gasteiger partial charge in [-0.2, -0.15) is 0 Å². The maximum atomic E-state index is 13.1. The zero-order valence-electron chi connectivity index (χ0n) is 21.8. The molecule has 5 rings (SSSR count). The number of amides is 2. The van der Waals surface area contributed by atoms with Crippen molar-refractivity contribution in [3.05, 3.63) is 77.4 Å². The van der Waals surface area contributed by atoms with Crippen LogP contribution in [0.25, 0.3) is 11.1 Å². The highest BCUT2D eigenvalue weighted by Gasteiger charge is 2.23. The molecule has 0 saturated carbocycles. The minimum absolute atomic E-state index is 0.0973. The van der Waals surface area contributed by atoms with Crippen molar-refractivity contribution in [2.24, 2.45) is 0 Å². The molecule has 2 aliphatic rings. The van der Waals surface area contributed by atoms with Crippen molar-refractivity contribution >= 4 is 23.2 Å². The first-order chi connectivity index (χ1) is 17.9. The average molecular weight is 499 g/mol. The Labute approximate surface area is 218 Å². The summed E-state index contributed by atoms with van der Waals surface area (Å²) in [5.41, 5.74) is 6.04. The topological polar surface area (TPSA) is 65.1 Å². The van der Waals surface area contributed by atoms with Gasteiger partial charge in [0.05, 0.1) is 18.5 Å². The molecule has 3 aromatic rings. The fraction of sp³-hybridized carbons (Fsp3) is 0.333. The number of likely N-dealkylation sites (tertiary alicyclic amines) is 1. The van der Waals surface area contributed by atoms with E-state index >= 15 is 0 Å². The molecule has 2 saturated heterocycles. The summed E-state index contributed by atoms with van der Waals surface area (Å²) in [5.74, 6) is 0.591. The van der Waals surface area contributed by atoms with Gasteiger partial charge in [-0.05, 0) is 73.5 Å².